The maximum atomic E-state index is 12.5. The van der Waals surface area contributed by atoms with Crippen molar-refractivity contribution in [2.75, 3.05) is 19.7 Å². The van der Waals surface area contributed by atoms with Crippen LogP contribution in [0, 0.1) is 0 Å². The van der Waals surface area contributed by atoms with E-state index in [4.69, 9.17) is 9.47 Å². The number of carbonyl (C=O) groups is 2. The predicted octanol–water partition coefficient (Wildman–Crippen LogP) is 2.83. The minimum atomic E-state index is -0.336. The van der Waals surface area contributed by atoms with Gasteiger partial charge in [-0.25, -0.2) is 4.79 Å². The summed E-state index contributed by atoms with van der Waals surface area (Å²) in [4.78, 5) is 28.5. The second-order valence-corrected chi connectivity index (χ2v) is 7.20. The van der Waals surface area contributed by atoms with Gasteiger partial charge in [-0.1, -0.05) is 60.7 Å². The minimum absolute atomic E-state index is 0.00482. The fraction of sp³-hybridized carbons (Fsp3) is 0.364. The quantitative estimate of drug-likeness (QED) is 0.818. The molecular weight excluding hydrogens is 356 g/mol. The number of nitrogens with zero attached hydrogens (tertiary/aromatic N) is 2. The predicted molar refractivity (Wildman–Crippen MR) is 103 cm³/mol. The third-order valence-corrected chi connectivity index (χ3v) is 5.32. The molecule has 2 heterocycles. The fourth-order valence-corrected chi connectivity index (χ4v) is 3.83. The zero-order valence-electron chi connectivity index (χ0n) is 15.7. The number of benzene rings is 2. The van der Waals surface area contributed by atoms with Gasteiger partial charge in [-0.2, -0.15) is 0 Å². The van der Waals surface area contributed by atoms with Crippen molar-refractivity contribution in [2.45, 2.75) is 31.7 Å². The van der Waals surface area contributed by atoms with Gasteiger partial charge in [0.1, 0.15) is 13.2 Å². The summed E-state index contributed by atoms with van der Waals surface area (Å²) in [5.41, 5.74) is 2.06. The van der Waals surface area contributed by atoms with Crippen LogP contribution in [-0.4, -0.2) is 53.6 Å². The number of rotatable bonds is 4. The van der Waals surface area contributed by atoms with Crippen molar-refractivity contribution in [1.29, 1.82) is 0 Å². The lowest BCUT2D eigenvalue weighted by Crippen LogP contribution is -2.61. The molecule has 0 radical (unpaired) electrons. The van der Waals surface area contributed by atoms with Gasteiger partial charge >= 0.3 is 6.09 Å². The van der Waals surface area contributed by atoms with E-state index in [1.54, 1.807) is 4.90 Å². The summed E-state index contributed by atoms with van der Waals surface area (Å²) in [6, 6.07) is 19.6. The number of piperidine rings is 1. The van der Waals surface area contributed by atoms with E-state index < -0.39 is 0 Å². The Hall–Kier alpha value is -2.86. The van der Waals surface area contributed by atoms with Crippen molar-refractivity contribution in [1.82, 2.24) is 9.80 Å². The van der Waals surface area contributed by atoms with Crippen molar-refractivity contribution in [3.8, 4) is 0 Å². The van der Waals surface area contributed by atoms with Crippen molar-refractivity contribution < 1.29 is 19.1 Å². The highest BCUT2D eigenvalue weighted by Crippen LogP contribution is 2.26. The lowest BCUT2D eigenvalue weighted by atomic mass is 9.97. The first kappa shape index (κ1) is 18.5. The molecule has 2 aliphatic rings. The molecule has 4 rings (SSSR count). The number of likely N-dealkylation sites (tertiary alicyclic amines) is 1. The van der Waals surface area contributed by atoms with Gasteiger partial charge in [0.25, 0.3) is 0 Å². The van der Waals surface area contributed by atoms with Crippen LogP contribution in [0.4, 0.5) is 4.79 Å². The second-order valence-electron chi connectivity index (χ2n) is 7.20. The standard InChI is InChI=1S/C22H24N2O4/c25-21-16-27-20-14-23(22(26)28-15-18-9-5-2-6-10-18)12-11-19(20)24(21)13-17-7-3-1-4-8-17/h1-10,19-20H,11-16H2/t19-,20+/m0/s1. The van der Waals surface area contributed by atoms with Crippen LogP contribution in [0.5, 0.6) is 0 Å². The zero-order valence-corrected chi connectivity index (χ0v) is 15.7. The summed E-state index contributed by atoms with van der Waals surface area (Å²) in [5, 5.41) is 0. The number of carbonyl (C=O) groups excluding carboxylic acids is 2. The molecule has 2 atom stereocenters. The first-order valence-corrected chi connectivity index (χ1v) is 9.61. The van der Waals surface area contributed by atoms with Gasteiger partial charge in [0.15, 0.2) is 0 Å². The molecule has 0 saturated carbocycles. The highest BCUT2D eigenvalue weighted by atomic mass is 16.6. The van der Waals surface area contributed by atoms with E-state index in [0.717, 1.165) is 11.1 Å². The van der Waals surface area contributed by atoms with E-state index in [1.807, 2.05) is 65.6 Å². The van der Waals surface area contributed by atoms with E-state index in [9.17, 15) is 9.59 Å². The van der Waals surface area contributed by atoms with Gasteiger partial charge in [-0.3, -0.25) is 4.79 Å². The van der Waals surface area contributed by atoms with Crippen LogP contribution in [-0.2, 0) is 27.4 Å². The molecule has 0 N–H and O–H groups in total. The molecule has 2 aromatic carbocycles. The van der Waals surface area contributed by atoms with Crippen molar-refractivity contribution in [3.05, 3.63) is 71.8 Å². The molecule has 2 amide bonds. The molecule has 28 heavy (non-hydrogen) atoms. The lowest BCUT2D eigenvalue weighted by Gasteiger charge is -2.46. The second kappa shape index (κ2) is 8.44. The first-order valence-electron chi connectivity index (χ1n) is 9.61. The van der Waals surface area contributed by atoms with Crippen LogP contribution in [0.3, 0.4) is 0 Å². The Bertz CT molecular complexity index is 812. The molecule has 0 unspecified atom stereocenters. The molecule has 0 aliphatic carbocycles. The number of ether oxygens (including phenoxy) is 2. The van der Waals surface area contributed by atoms with Crippen LogP contribution in [0.2, 0.25) is 0 Å². The van der Waals surface area contributed by atoms with Gasteiger partial charge in [0.2, 0.25) is 5.91 Å². The summed E-state index contributed by atoms with van der Waals surface area (Å²) in [6.45, 7) is 1.88. The van der Waals surface area contributed by atoms with Crippen molar-refractivity contribution >= 4 is 12.0 Å². The molecule has 6 nitrogen and oxygen atoms in total. The number of amides is 2. The third-order valence-electron chi connectivity index (χ3n) is 5.32. The van der Waals surface area contributed by atoms with Crippen LogP contribution in [0.1, 0.15) is 17.5 Å². The minimum Gasteiger partial charge on any atom is -0.445 e. The van der Waals surface area contributed by atoms with Gasteiger partial charge in [0.05, 0.1) is 18.7 Å². The molecule has 0 aromatic heterocycles. The van der Waals surface area contributed by atoms with E-state index in [0.29, 0.717) is 26.1 Å². The zero-order chi connectivity index (χ0) is 19.3. The van der Waals surface area contributed by atoms with Crippen LogP contribution in [0.25, 0.3) is 0 Å². The molecule has 0 bridgehead atoms. The molecule has 146 valence electrons. The smallest absolute Gasteiger partial charge is 0.410 e. The maximum absolute atomic E-state index is 12.5. The Kier molecular flexibility index (Phi) is 5.58. The van der Waals surface area contributed by atoms with Crippen molar-refractivity contribution in [3.63, 3.8) is 0 Å². The highest BCUT2D eigenvalue weighted by Gasteiger charge is 2.41. The topological polar surface area (TPSA) is 59.1 Å². The lowest BCUT2D eigenvalue weighted by molar-refractivity contribution is -0.163. The Balaban J connectivity index is 1.36. The summed E-state index contributed by atoms with van der Waals surface area (Å²) < 4.78 is 11.2. The molecule has 2 fully saturated rings. The Labute approximate surface area is 164 Å². The van der Waals surface area contributed by atoms with E-state index in [-0.39, 0.29) is 37.4 Å². The van der Waals surface area contributed by atoms with Crippen LogP contribution < -0.4 is 0 Å². The highest BCUT2D eigenvalue weighted by molar-refractivity contribution is 5.78. The summed E-state index contributed by atoms with van der Waals surface area (Å²) in [7, 11) is 0. The molecule has 2 aromatic rings. The molecule has 0 spiro atoms. The first-order chi connectivity index (χ1) is 13.7. The largest absolute Gasteiger partial charge is 0.445 e. The number of fused-ring (bicyclic) bond motifs is 1. The van der Waals surface area contributed by atoms with E-state index >= 15 is 0 Å². The van der Waals surface area contributed by atoms with Crippen LogP contribution >= 0.6 is 0 Å². The molecule has 2 aliphatic heterocycles. The van der Waals surface area contributed by atoms with Gasteiger partial charge in [-0.05, 0) is 17.5 Å². The Morgan fingerprint density at radius 3 is 2.43 bits per heavy atom. The summed E-state index contributed by atoms with van der Waals surface area (Å²) in [6.07, 6.45) is 0.167. The molecular formula is C22H24N2O4. The SMILES string of the molecule is O=C(OCc1ccccc1)N1CC[C@H]2[C@@H](C1)OCC(=O)N2Cc1ccccc1. The van der Waals surface area contributed by atoms with Gasteiger partial charge in [-0.15, -0.1) is 0 Å². The number of morpholine rings is 1. The molecule has 6 heteroatoms. The third kappa shape index (κ3) is 4.17. The monoisotopic (exact) mass is 380 g/mol. The summed E-state index contributed by atoms with van der Waals surface area (Å²) in [5.74, 6) is 0.00482. The molecule has 2 saturated heterocycles. The van der Waals surface area contributed by atoms with Crippen molar-refractivity contribution in [2.24, 2.45) is 0 Å². The number of hydrogen-bond acceptors (Lipinski definition) is 4. The average Bonchev–Trinajstić information content (AvgIpc) is 2.75. The number of hydrogen-bond donors (Lipinski definition) is 0. The van der Waals surface area contributed by atoms with E-state index in [1.165, 1.54) is 0 Å². The average molecular weight is 380 g/mol. The normalized spacial score (nSPS) is 21.9. The van der Waals surface area contributed by atoms with E-state index in [2.05, 4.69) is 0 Å². The summed E-state index contributed by atoms with van der Waals surface area (Å²) >= 11 is 0. The van der Waals surface area contributed by atoms with Gasteiger partial charge in [0, 0.05) is 13.1 Å². The van der Waals surface area contributed by atoms with Crippen LogP contribution in [0.15, 0.2) is 60.7 Å². The Morgan fingerprint density at radius 2 is 1.71 bits per heavy atom. The Morgan fingerprint density at radius 1 is 1.04 bits per heavy atom. The fourth-order valence-electron chi connectivity index (χ4n) is 3.83. The maximum Gasteiger partial charge on any atom is 0.410 e. The van der Waals surface area contributed by atoms with Gasteiger partial charge < -0.3 is 19.3 Å².